The average Bonchev–Trinajstić information content (AvgIpc) is 2.35. The first kappa shape index (κ1) is 12.4. The Balaban J connectivity index is 2.94. The molecule has 0 fully saturated rings. The predicted molar refractivity (Wildman–Crippen MR) is 62.2 cm³/mol. The van der Waals surface area contributed by atoms with Crippen molar-refractivity contribution in [3.8, 4) is 11.5 Å². The molecule has 0 atom stereocenters. The van der Waals surface area contributed by atoms with Crippen molar-refractivity contribution in [1.82, 2.24) is 5.32 Å². The Kier molecular flexibility index (Phi) is 4.64. The number of nitrogens with one attached hydrogen (secondary N) is 1. The zero-order valence-corrected chi connectivity index (χ0v) is 9.87. The van der Waals surface area contributed by atoms with E-state index in [0.29, 0.717) is 23.6 Å². The molecule has 0 saturated carbocycles. The summed E-state index contributed by atoms with van der Waals surface area (Å²) in [6, 6.07) is 5.15. The molecule has 4 heteroatoms. The van der Waals surface area contributed by atoms with Crippen molar-refractivity contribution in [2.75, 3.05) is 20.8 Å². The molecule has 0 aliphatic carbocycles. The van der Waals surface area contributed by atoms with Crippen molar-refractivity contribution in [3.05, 3.63) is 23.8 Å². The van der Waals surface area contributed by atoms with E-state index < -0.39 is 0 Å². The predicted octanol–water partition coefficient (Wildman–Crippen LogP) is 1.84. The minimum atomic E-state index is -0.141. The highest BCUT2D eigenvalue weighted by Crippen LogP contribution is 2.23. The van der Waals surface area contributed by atoms with Crippen LogP contribution in [-0.2, 0) is 0 Å². The van der Waals surface area contributed by atoms with E-state index in [2.05, 4.69) is 5.32 Å². The average molecular weight is 223 g/mol. The van der Waals surface area contributed by atoms with E-state index in [0.717, 1.165) is 6.42 Å². The van der Waals surface area contributed by atoms with Gasteiger partial charge < -0.3 is 14.8 Å². The largest absolute Gasteiger partial charge is 0.497 e. The zero-order valence-electron chi connectivity index (χ0n) is 9.87. The molecule has 4 nitrogen and oxygen atoms in total. The van der Waals surface area contributed by atoms with Crippen LogP contribution in [0, 0.1) is 0 Å². The van der Waals surface area contributed by atoms with E-state index in [1.807, 2.05) is 6.92 Å². The Morgan fingerprint density at radius 3 is 2.62 bits per heavy atom. The molecule has 0 aliphatic heterocycles. The number of amides is 1. The molecule has 0 heterocycles. The second-order valence-corrected chi connectivity index (χ2v) is 3.32. The monoisotopic (exact) mass is 223 g/mol. The first-order valence-corrected chi connectivity index (χ1v) is 5.23. The van der Waals surface area contributed by atoms with E-state index in [1.165, 1.54) is 0 Å². The third-order valence-electron chi connectivity index (χ3n) is 2.19. The summed E-state index contributed by atoms with van der Waals surface area (Å²) in [4.78, 5) is 11.8. The molecule has 0 unspecified atom stereocenters. The minimum Gasteiger partial charge on any atom is -0.497 e. The molecule has 0 aromatic heterocycles. The van der Waals surface area contributed by atoms with Crippen LogP contribution in [0.1, 0.15) is 23.7 Å². The highest BCUT2D eigenvalue weighted by molar-refractivity contribution is 5.97. The van der Waals surface area contributed by atoms with Gasteiger partial charge in [0.2, 0.25) is 0 Å². The van der Waals surface area contributed by atoms with Gasteiger partial charge in [-0.1, -0.05) is 6.92 Å². The van der Waals surface area contributed by atoms with Crippen molar-refractivity contribution >= 4 is 5.91 Å². The van der Waals surface area contributed by atoms with Crippen LogP contribution >= 0.6 is 0 Å². The molecule has 16 heavy (non-hydrogen) atoms. The molecule has 0 radical (unpaired) electrons. The maximum absolute atomic E-state index is 11.8. The normalized spacial score (nSPS) is 9.69. The van der Waals surface area contributed by atoms with Gasteiger partial charge in [-0.05, 0) is 24.6 Å². The van der Waals surface area contributed by atoms with E-state index in [4.69, 9.17) is 9.47 Å². The molecule has 0 saturated heterocycles. The fourth-order valence-electron chi connectivity index (χ4n) is 1.33. The minimum absolute atomic E-state index is 0.141. The van der Waals surface area contributed by atoms with Crippen LogP contribution in [0.15, 0.2) is 18.2 Å². The van der Waals surface area contributed by atoms with E-state index in [1.54, 1.807) is 32.4 Å². The lowest BCUT2D eigenvalue weighted by Crippen LogP contribution is -2.24. The molecule has 1 N–H and O–H groups in total. The van der Waals surface area contributed by atoms with Crippen molar-refractivity contribution < 1.29 is 14.3 Å². The molecule has 1 aromatic rings. The lowest BCUT2D eigenvalue weighted by atomic mass is 10.1. The first-order valence-electron chi connectivity index (χ1n) is 5.23. The summed E-state index contributed by atoms with van der Waals surface area (Å²) in [6.45, 7) is 2.66. The third-order valence-corrected chi connectivity index (χ3v) is 2.19. The summed E-state index contributed by atoms with van der Waals surface area (Å²) >= 11 is 0. The van der Waals surface area contributed by atoms with Gasteiger partial charge in [0.25, 0.3) is 5.91 Å². The summed E-state index contributed by atoms with van der Waals surface area (Å²) in [5.41, 5.74) is 0.496. The van der Waals surface area contributed by atoms with Crippen LogP contribution in [0.3, 0.4) is 0 Å². The quantitative estimate of drug-likeness (QED) is 0.828. The Bertz CT molecular complexity index is 363. The van der Waals surface area contributed by atoms with Crippen molar-refractivity contribution in [1.29, 1.82) is 0 Å². The van der Waals surface area contributed by atoms with E-state index in [-0.39, 0.29) is 5.91 Å². The zero-order chi connectivity index (χ0) is 12.0. The summed E-state index contributed by atoms with van der Waals surface area (Å²) in [5.74, 6) is 1.05. The van der Waals surface area contributed by atoms with Gasteiger partial charge in [0, 0.05) is 6.54 Å². The smallest absolute Gasteiger partial charge is 0.255 e. The van der Waals surface area contributed by atoms with Crippen molar-refractivity contribution in [3.63, 3.8) is 0 Å². The molecular weight excluding hydrogens is 206 g/mol. The van der Waals surface area contributed by atoms with Gasteiger partial charge in [-0.2, -0.15) is 0 Å². The van der Waals surface area contributed by atoms with Crippen LogP contribution in [0.5, 0.6) is 11.5 Å². The maximum atomic E-state index is 11.8. The Hall–Kier alpha value is -1.71. The SMILES string of the molecule is CCCNC(=O)c1cc(OC)ccc1OC. The van der Waals surface area contributed by atoms with Gasteiger partial charge in [0.05, 0.1) is 19.8 Å². The van der Waals surface area contributed by atoms with Gasteiger partial charge in [-0.3, -0.25) is 4.79 Å². The number of ether oxygens (including phenoxy) is 2. The van der Waals surface area contributed by atoms with Gasteiger partial charge in [-0.25, -0.2) is 0 Å². The molecular formula is C12H17NO3. The fraction of sp³-hybridized carbons (Fsp3) is 0.417. The van der Waals surface area contributed by atoms with Crippen LogP contribution in [0.25, 0.3) is 0 Å². The standard InChI is InChI=1S/C12H17NO3/c1-4-7-13-12(14)10-8-9(15-2)5-6-11(10)16-3/h5-6,8H,4,7H2,1-3H3,(H,13,14). The second kappa shape index (κ2) is 6.00. The van der Waals surface area contributed by atoms with Crippen molar-refractivity contribution in [2.24, 2.45) is 0 Å². The van der Waals surface area contributed by atoms with Crippen LogP contribution in [-0.4, -0.2) is 26.7 Å². The number of carbonyl (C=O) groups excluding carboxylic acids is 1. The molecule has 1 rings (SSSR count). The Morgan fingerprint density at radius 2 is 2.06 bits per heavy atom. The van der Waals surface area contributed by atoms with Gasteiger partial charge >= 0.3 is 0 Å². The number of methoxy groups -OCH3 is 2. The Labute approximate surface area is 95.6 Å². The molecule has 0 bridgehead atoms. The maximum Gasteiger partial charge on any atom is 0.255 e. The molecule has 0 aliphatic rings. The summed E-state index contributed by atoms with van der Waals surface area (Å²) in [6.07, 6.45) is 0.901. The van der Waals surface area contributed by atoms with Crippen LogP contribution in [0.4, 0.5) is 0 Å². The number of hydrogen-bond acceptors (Lipinski definition) is 3. The molecule has 1 amide bonds. The van der Waals surface area contributed by atoms with E-state index in [9.17, 15) is 4.79 Å². The second-order valence-electron chi connectivity index (χ2n) is 3.32. The fourth-order valence-corrected chi connectivity index (χ4v) is 1.33. The first-order chi connectivity index (χ1) is 7.72. The molecule has 1 aromatic carbocycles. The highest BCUT2D eigenvalue weighted by atomic mass is 16.5. The summed E-state index contributed by atoms with van der Waals surface area (Å²) in [5, 5.41) is 2.80. The highest BCUT2D eigenvalue weighted by Gasteiger charge is 2.12. The number of rotatable bonds is 5. The van der Waals surface area contributed by atoms with Gasteiger partial charge in [0.1, 0.15) is 11.5 Å². The van der Waals surface area contributed by atoms with Crippen molar-refractivity contribution in [2.45, 2.75) is 13.3 Å². The third kappa shape index (κ3) is 2.89. The number of carbonyl (C=O) groups is 1. The summed E-state index contributed by atoms with van der Waals surface area (Å²) < 4.78 is 10.2. The van der Waals surface area contributed by atoms with E-state index >= 15 is 0 Å². The number of hydrogen-bond donors (Lipinski definition) is 1. The molecule has 0 spiro atoms. The molecule has 88 valence electrons. The number of benzene rings is 1. The van der Waals surface area contributed by atoms with Gasteiger partial charge in [0.15, 0.2) is 0 Å². The van der Waals surface area contributed by atoms with Crippen LogP contribution < -0.4 is 14.8 Å². The van der Waals surface area contributed by atoms with Crippen LogP contribution in [0.2, 0.25) is 0 Å². The lowest BCUT2D eigenvalue weighted by molar-refractivity contribution is 0.0950. The summed E-state index contributed by atoms with van der Waals surface area (Å²) in [7, 11) is 3.11. The van der Waals surface area contributed by atoms with Gasteiger partial charge in [-0.15, -0.1) is 0 Å². The Morgan fingerprint density at radius 1 is 1.31 bits per heavy atom. The lowest BCUT2D eigenvalue weighted by Gasteiger charge is -2.10. The topological polar surface area (TPSA) is 47.6 Å².